The molecule has 2 aromatic rings. The molecule has 0 aliphatic carbocycles. The third kappa shape index (κ3) is 3.75. The molecule has 2 aliphatic heterocycles. The summed E-state index contributed by atoms with van der Waals surface area (Å²) in [5.74, 6) is -1.99. The molecular weight excluding hydrogens is 364 g/mol. The number of rotatable bonds is 5. The van der Waals surface area contributed by atoms with E-state index in [0.717, 1.165) is 17.7 Å². The Kier molecular flexibility index (Phi) is 5.09. The Morgan fingerprint density at radius 1 is 1.04 bits per heavy atom. The maximum Gasteiger partial charge on any atom is 0.246 e. The second-order valence-corrected chi connectivity index (χ2v) is 7.32. The Morgan fingerprint density at radius 3 is 2.57 bits per heavy atom. The van der Waals surface area contributed by atoms with E-state index >= 15 is 0 Å². The predicted octanol–water partition coefficient (Wildman–Crippen LogP) is 1.76. The maximum absolute atomic E-state index is 13.3. The lowest BCUT2D eigenvalue weighted by atomic mass is 10.0. The fourth-order valence-electron chi connectivity index (χ4n) is 3.91. The minimum absolute atomic E-state index is 0.0782. The number of hydrogen-bond acceptors (Lipinski definition) is 3. The quantitative estimate of drug-likeness (QED) is 0.825. The summed E-state index contributed by atoms with van der Waals surface area (Å²) < 4.78 is 26.4. The third-order valence-corrected chi connectivity index (χ3v) is 5.36. The van der Waals surface area contributed by atoms with Crippen LogP contribution in [0.4, 0.5) is 8.78 Å². The lowest BCUT2D eigenvalue weighted by Crippen LogP contribution is -2.61. The van der Waals surface area contributed by atoms with Gasteiger partial charge in [0.05, 0.1) is 0 Å². The van der Waals surface area contributed by atoms with Crippen molar-refractivity contribution in [2.45, 2.75) is 37.5 Å². The minimum Gasteiger partial charge on any atom is -0.342 e. The molecule has 2 N–H and O–H groups in total. The molecule has 2 heterocycles. The van der Waals surface area contributed by atoms with Gasteiger partial charge in [0.15, 0.2) is 11.6 Å². The van der Waals surface area contributed by atoms with Gasteiger partial charge in [-0.05, 0) is 29.7 Å². The first-order valence-corrected chi connectivity index (χ1v) is 9.33. The number of carbonyl (C=O) groups excluding carboxylic acids is 2. The van der Waals surface area contributed by atoms with Gasteiger partial charge in [0.2, 0.25) is 11.8 Å². The van der Waals surface area contributed by atoms with Gasteiger partial charge in [0.1, 0.15) is 12.1 Å². The first-order chi connectivity index (χ1) is 13.5. The molecule has 146 valence electrons. The zero-order valence-electron chi connectivity index (χ0n) is 15.2. The van der Waals surface area contributed by atoms with Crippen LogP contribution in [0.2, 0.25) is 0 Å². The van der Waals surface area contributed by atoms with Crippen molar-refractivity contribution in [3.8, 4) is 0 Å². The van der Waals surface area contributed by atoms with Crippen LogP contribution in [0, 0.1) is 11.6 Å². The van der Waals surface area contributed by atoms with Crippen molar-refractivity contribution >= 4 is 11.8 Å². The van der Waals surface area contributed by atoms with Crippen molar-refractivity contribution in [3.05, 3.63) is 71.3 Å². The normalized spacial score (nSPS) is 24.2. The van der Waals surface area contributed by atoms with Crippen LogP contribution in [0.3, 0.4) is 0 Å². The topological polar surface area (TPSA) is 61.4 Å². The van der Waals surface area contributed by atoms with Gasteiger partial charge >= 0.3 is 0 Å². The van der Waals surface area contributed by atoms with Gasteiger partial charge < -0.3 is 15.5 Å². The Balaban J connectivity index is 1.39. The van der Waals surface area contributed by atoms with Crippen LogP contribution in [-0.2, 0) is 22.6 Å². The number of benzene rings is 2. The van der Waals surface area contributed by atoms with Gasteiger partial charge in [-0.3, -0.25) is 9.59 Å². The smallest absolute Gasteiger partial charge is 0.246 e. The molecule has 2 saturated heterocycles. The summed E-state index contributed by atoms with van der Waals surface area (Å²) in [6, 6.07) is 12.2. The van der Waals surface area contributed by atoms with Crippen LogP contribution < -0.4 is 10.6 Å². The largest absolute Gasteiger partial charge is 0.342 e. The molecule has 2 aliphatic rings. The molecule has 0 aromatic heterocycles. The van der Waals surface area contributed by atoms with E-state index in [-0.39, 0.29) is 17.9 Å². The van der Waals surface area contributed by atoms with Crippen molar-refractivity contribution in [1.29, 1.82) is 0 Å². The van der Waals surface area contributed by atoms with E-state index in [2.05, 4.69) is 10.6 Å². The monoisotopic (exact) mass is 385 g/mol. The maximum atomic E-state index is 13.3. The average Bonchev–Trinajstić information content (AvgIpc) is 3.13. The molecule has 2 aromatic carbocycles. The molecule has 28 heavy (non-hydrogen) atoms. The molecule has 2 amide bonds. The second-order valence-electron chi connectivity index (χ2n) is 7.32. The summed E-state index contributed by atoms with van der Waals surface area (Å²) >= 11 is 0. The summed E-state index contributed by atoms with van der Waals surface area (Å²) in [6.07, 6.45) is 0.959. The molecule has 7 heteroatoms. The van der Waals surface area contributed by atoms with Crippen molar-refractivity contribution < 1.29 is 18.4 Å². The zero-order chi connectivity index (χ0) is 19.7. The van der Waals surface area contributed by atoms with E-state index in [1.807, 2.05) is 30.3 Å². The van der Waals surface area contributed by atoms with Crippen LogP contribution in [0.5, 0.6) is 0 Å². The molecule has 3 atom stereocenters. The summed E-state index contributed by atoms with van der Waals surface area (Å²) in [5, 5.41) is 6.09. The van der Waals surface area contributed by atoms with Crippen LogP contribution in [0.15, 0.2) is 48.5 Å². The van der Waals surface area contributed by atoms with E-state index in [0.29, 0.717) is 31.5 Å². The van der Waals surface area contributed by atoms with Gasteiger partial charge in [0, 0.05) is 25.6 Å². The standard InChI is InChI=1S/C21H21F2N3O2/c22-16-7-6-14(8-17(16)23)11-24-15-10-19-20(27)25-18(21(28)26(19)12-15)9-13-4-2-1-3-5-13/h1-8,15,18-19,24H,9-12H2,(H,25,27)/t15-,18-,19-/m0/s1. The predicted molar refractivity (Wildman–Crippen MR) is 99.2 cm³/mol. The van der Waals surface area contributed by atoms with Crippen molar-refractivity contribution in [2.24, 2.45) is 0 Å². The number of halogens is 2. The number of hydrogen-bond donors (Lipinski definition) is 2. The molecule has 0 radical (unpaired) electrons. The van der Waals surface area contributed by atoms with Crippen LogP contribution >= 0.6 is 0 Å². The summed E-state index contributed by atoms with van der Waals surface area (Å²) in [7, 11) is 0. The molecule has 0 unspecified atom stereocenters. The van der Waals surface area contributed by atoms with Gasteiger partial charge in [-0.15, -0.1) is 0 Å². The minimum atomic E-state index is -0.888. The molecular formula is C21H21F2N3O2. The van der Waals surface area contributed by atoms with Gasteiger partial charge in [-0.1, -0.05) is 36.4 Å². The highest BCUT2D eigenvalue weighted by molar-refractivity contribution is 5.97. The average molecular weight is 385 g/mol. The summed E-state index contributed by atoms with van der Waals surface area (Å²) in [6.45, 7) is 0.761. The number of nitrogens with zero attached hydrogens (tertiary/aromatic N) is 1. The Labute approximate surface area is 161 Å². The Hall–Kier alpha value is -2.80. The van der Waals surface area contributed by atoms with E-state index in [4.69, 9.17) is 0 Å². The molecule has 4 rings (SSSR count). The first kappa shape index (κ1) is 18.6. The van der Waals surface area contributed by atoms with E-state index in [1.165, 1.54) is 6.07 Å². The second kappa shape index (κ2) is 7.67. The number of fused-ring (bicyclic) bond motifs is 1. The van der Waals surface area contributed by atoms with E-state index in [1.54, 1.807) is 4.90 Å². The van der Waals surface area contributed by atoms with Crippen molar-refractivity contribution in [3.63, 3.8) is 0 Å². The lowest BCUT2D eigenvalue weighted by molar-refractivity contribution is -0.147. The molecule has 5 nitrogen and oxygen atoms in total. The van der Waals surface area contributed by atoms with Crippen molar-refractivity contribution in [2.75, 3.05) is 6.54 Å². The highest BCUT2D eigenvalue weighted by atomic mass is 19.2. The fraction of sp³-hybridized carbons (Fsp3) is 0.333. The van der Waals surface area contributed by atoms with E-state index in [9.17, 15) is 18.4 Å². The Bertz CT molecular complexity index is 890. The number of piperazine rings is 1. The van der Waals surface area contributed by atoms with Gasteiger partial charge in [-0.25, -0.2) is 8.78 Å². The van der Waals surface area contributed by atoms with Crippen LogP contribution in [0.25, 0.3) is 0 Å². The van der Waals surface area contributed by atoms with Gasteiger partial charge in [-0.2, -0.15) is 0 Å². The molecule has 0 saturated carbocycles. The summed E-state index contributed by atoms with van der Waals surface area (Å²) in [5.41, 5.74) is 1.60. The summed E-state index contributed by atoms with van der Waals surface area (Å²) in [4.78, 5) is 27.0. The molecule has 0 bridgehead atoms. The highest BCUT2D eigenvalue weighted by Gasteiger charge is 2.46. The molecule has 0 spiro atoms. The Morgan fingerprint density at radius 2 is 1.82 bits per heavy atom. The number of amides is 2. The van der Waals surface area contributed by atoms with Gasteiger partial charge in [0.25, 0.3) is 0 Å². The first-order valence-electron chi connectivity index (χ1n) is 9.33. The lowest BCUT2D eigenvalue weighted by Gasteiger charge is -2.34. The molecule has 2 fully saturated rings. The van der Waals surface area contributed by atoms with E-state index < -0.39 is 23.7 Å². The SMILES string of the molecule is O=C1N[C@@H](Cc2ccccc2)C(=O)N2C[C@@H](NCc3ccc(F)c(F)c3)C[C@@H]12. The fourth-order valence-corrected chi connectivity index (χ4v) is 3.91. The number of carbonyl (C=O) groups is 2. The zero-order valence-corrected chi connectivity index (χ0v) is 15.2. The third-order valence-electron chi connectivity index (χ3n) is 5.36. The van der Waals surface area contributed by atoms with Crippen molar-refractivity contribution in [1.82, 2.24) is 15.5 Å². The van der Waals surface area contributed by atoms with Crippen LogP contribution in [0.1, 0.15) is 17.5 Å². The number of nitrogens with one attached hydrogen (secondary N) is 2. The highest BCUT2D eigenvalue weighted by Crippen LogP contribution is 2.24. The van der Waals surface area contributed by atoms with Crippen LogP contribution in [-0.4, -0.2) is 41.4 Å².